The van der Waals surface area contributed by atoms with Crippen LogP contribution in [-0.2, 0) is 19.4 Å². The smallest absolute Gasteiger partial charge is 0.277 e. The quantitative estimate of drug-likeness (QED) is 0.521. The van der Waals surface area contributed by atoms with Gasteiger partial charge in [-0.15, -0.1) is 12.4 Å². The van der Waals surface area contributed by atoms with E-state index in [0.29, 0.717) is 53.1 Å². The van der Waals surface area contributed by atoms with Gasteiger partial charge in [0.2, 0.25) is 0 Å². The summed E-state index contributed by atoms with van der Waals surface area (Å²) in [6.45, 7) is 5.00. The SMILES string of the molecule is Cc1cc2c(cc1N1CCc3c(C(=O)NCC4CC4)nn(-c4cccc(Cl)c4)c3C1=O)CNCC2.Cl. The van der Waals surface area contributed by atoms with Crippen LogP contribution in [0.2, 0.25) is 5.02 Å². The van der Waals surface area contributed by atoms with E-state index >= 15 is 0 Å². The van der Waals surface area contributed by atoms with Crippen molar-refractivity contribution >= 4 is 41.5 Å². The molecule has 3 aromatic rings. The number of aromatic nitrogens is 2. The number of rotatable bonds is 5. The Morgan fingerprint density at radius 3 is 2.81 bits per heavy atom. The van der Waals surface area contributed by atoms with Crippen LogP contribution in [-0.4, -0.2) is 41.2 Å². The molecule has 0 bridgehead atoms. The van der Waals surface area contributed by atoms with Crippen LogP contribution >= 0.6 is 24.0 Å². The van der Waals surface area contributed by atoms with E-state index in [1.54, 1.807) is 16.8 Å². The molecule has 2 aliphatic heterocycles. The Kier molecular flexibility index (Phi) is 6.81. The van der Waals surface area contributed by atoms with Gasteiger partial charge in [-0.25, -0.2) is 4.68 Å². The highest BCUT2D eigenvalue weighted by molar-refractivity contribution is 6.30. The number of benzene rings is 2. The molecule has 9 heteroatoms. The average molecular weight is 526 g/mol. The number of anilines is 1. The maximum absolute atomic E-state index is 14.0. The van der Waals surface area contributed by atoms with Gasteiger partial charge in [-0.2, -0.15) is 5.10 Å². The second-order valence-corrected chi connectivity index (χ2v) is 10.2. The summed E-state index contributed by atoms with van der Waals surface area (Å²) >= 11 is 6.27. The van der Waals surface area contributed by atoms with Gasteiger partial charge in [-0.1, -0.05) is 23.7 Å². The zero-order valence-corrected chi connectivity index (χ0v) is 21.7. The highest BCUT2D eigenvalue weighted by Crippen LogP contribution is 2.33. The highest BCUT2D eigenvalue weighted by atomic mass is 35.5. The van der Waals surface area contributed by atoms with Crippen molar-refractivity contribution in [2.75, 3.05) is 24.5 Å². The van der Waals surface area contributed by atoms with Crippen molar-refractivity contribution in [3.05, 3.63) is 75.1 Å². The minimum atomic E-state index is -0.216. The van der Waals surface area contributed by atoms with Crippen LogP contribution < -0.4 is 15.5 Å². The zero-order chi connectivity index (χ0) is 24.1. The number of hydrogen-bond donors (Lipinski definition) is 2. The monoisotopic (exact) mass is 525 g/mol. The lowest BCUT2D eigenvalue weighted by Crippen LogP contribution is -2.40. The normalized spacial score (nSPS) is 16.7. The maximum atomic E-state index is 14.0. The van der Waals surface area contributed by atoms with E-state index < -0.39 is 0 Å². The standard InChI is InChI=1S/C27H28ClN5O2.ClH/c1-16-11-18-7-9-29-15-19(18)12-23(16)32-10-8-22-24(26(34)30-14-17-5-6-17)31-33(25(22)27(32)35)21-4-2-3-20(28)13-21;/h2-4,11-13,17,29H,5-10,14-15H2,1H3,(H,30,34);1H. The summed E-state index contributed by atoms with van der Waals surface area (Å²) in [5, 5.41) is 11.6. The molecule has 6 rings (SSSR count). The lowest BCUT2D eigenvalue weighted by Gasteiger charge is -2.30. The van der Waals surface area contributed by atoms with E-state index in [2.05, 4.69) is 34.8 Å². The minimum absolute atomic E-state index is 0. The van der Waals surface area contributed by atoms with Crippen molar-refractivity contribution in [1.29, 1.82) is 0 Å². The van der Waals surface area contributed by atoms with Crippen molar-refractivity contribution in [3.8, 4) is 5.69 Å². The highest BCUT2D eigenvalue weighted by Gasteiger charge is 2.36. The van der Waals surface area contributed by atoms with E-state index in [-0.39, 0.29) is 24.2 Å². The van der Waals surface area contributed by atoms with Gasteiger partial charge in [0.25, 0.3) is 11.8 Å². The molecule has 36 heavy (non-hydrogen) atoms. The molecule has 3 aliphatic rings. The molecule has 0 unspecified atom stereocenters. The van der Waals surface area contributed by atoms with Crippen molar-refractivity contribution in [2.45, 2.75) is 39.2 Å². The number of nitrogens with zero attached hydrogens (tertiary/aromatic N) is 3. The van der Waals surface area contributed by atoms with Gasteiger partial charge >= 0.3 is 0 Å². The molecule has 0 radical (unpaired) electrons. The summed E-state index contributed by atoms with van der Waals surface area (Å²) in [6, 6.07) is 11.6. The number of hydrogen-bond acceptors (Lipinski definition) is 4. The summed E-state index contributed by atoms with van der Waals surface area (Å²) in [6.07, 6.45) is 3.86. The van der Waals surface area contributed by atoms with E-state index in [4.69, 9.17) is 11.6 Å². The molecule has 1 fully saturated rings. The number of amides is 2. The number of carbonyl (C=O) groups excluding carboxylic acids is 2. The molecule has 2 N–H and O–H groups in total. The number of aryl methyl sites for hydroxylation is 1. The van der Waals surface area contributed by atoms with Gasteiger partial charge < -0.3 is 15.5 Å². The third-order valence-corrected chi connectivity index (χ3v) is 7.46. The number of fused-ring (bicyclic) bond motifs is 2. The number of halogens is 2. The van der Waals surface area contributed by atoms with Gasteiger partial charge in [0.05, 0.1) is 5.69 Å². The van der Waals surface area contributed by atoms with Gasteiger partial charge in [0.15, 0.2) is 5.69 Å². The third-order valence-electron chi connectivity index (χ3n) is 7.23. The van der Waals surface area contributed by atoms with Gasteiger partial charge in [-0.3, -0.25) is 9.59 Å². The Labute approximate surface area is 221 Å². The fourth-order valence-electron chi connectivity index (χ4n) is 5.14. The molecule has 0 saturated heterocycles. The summed E-state index contributed by atoms with van der Waals surface area (Å²) in [4.78, 5) is 28.9. The number of nitrogens with one attached hydrogen (secondary N) is 2. The van der Waals surface area contributed by atoms with Crippen LogP contribution in [0.5, 0.6) is 0 Å². The third kappa shape index (κ3) is 4.51. The lowest BCUT2D eigenvalue weighted by molar-refractivity contribution is 0.0945. The van der Waals surface area contributed by atoms with Crippen molar-refractivity contribution < 1.29 is 9.59 Å². The van der Waals surface area contributed by atoms with Crippen LogP contribution in [0.3, 0.4) is 0 Å². The first-order valence-electron chi connectivity index (χ1n) is 12.3. The van der Waals surface area contributed by atoms with Gasteiger partial charge in [0.1, 0.15) is 5.69 Å². The Morgan fingerprint density at radius 1 is 1.19 bits per heavy atom. The first-order chi connectivity index (χ1) is 17.0. The first-order valence-corrected chi connectivity index (χ1v) is 12.7. The largest absolute Gasteiger partial charge is 0.350 e. The van der Waals surface area contributed by atoms with E-state index in [1.807, 2.05) is 17.0 Å². The lowest BCUT2D eigenvalue weighted by atomic mass is 9.95. The Hall–Kier alpha value is -2.87. The van der Waals surface area contributed by atoms with Crippen LogP contribution in [0.15, 0.2) is 36.4 Å². The van der Waals surface area contributed by atoms with E-state index in [9.17, 15) is 9.59 Å². The average Bonchev–Trinajstić information content (AvgIpc) is 3.60. The Bertz CT molecular complexity index is 1350. The fraction of sp³-hybridized carbons (Fsp3) is 0.370. The van der Waals surface area contributed by atoms with Crippen LogP contribution in [0.1, 0.15) is 56.1 Å². The second kappa shape index (κ2) is 9.88. The summed E-state index contributed by atoms with van der Waals surface area (Å²) < 4.78 is 1.59. The molecule has 1 saturated carbocycles. The van der Waals surface area contributed by atoms with Crippen LogP contribution in [0, 0.1) is 12.8 Å². The van der Waals surface area contributed by atoms with Crippen molar-refractivity contribution in [1.82, 2.24) is 20.4 Å². The molecular weight excluding hydrogens is 497 g/mol. The van der Waals surface area contributed by atoms with Crippen LogP contribution in [0.25, 0.3) is 5.69 Å². The molecular formula is C27H29Cl2N5O2. The molecule has 188 valence electrons. The summed E-state index contributed by atoms with van der Waals surface area (Å²) in [5.74, 6) is 0.196. The predicted molar refractivity (Wildman–Crippen MR) is 143 cm³/mol. The molecule has 2 aromatic carbocycles. The van der Waals surface area contributed by atoms with Crippen molar-refractivity contribution in [2.24, 2.45) is 5.92 Å². The van der Waals surface area contributed by atoms with Gasteiger partial charge in [0, 0.05) is 35.9 Å². The fourth-order valence-corrected chi connectivity index (χ4v) is 5.33. The van der Waals surface area contributed by atoms with Crippen molar-refractivity contribution in [3.63, 3.8) is 0 Å². The summed E-state index contributed by atoms with van der Waals surface area (Å²) in [7, 11) is 0. The molecule has 2 amide bonds. The number of carbonyl (C=O) groups is 2. The molecule has 0 atom stereocenters. The Morgan fingerprint density at radius 2 is 2.03 bits per heavy atom. The molecule has 1 aliphatic carbocycles. The van der Waals surface area contributed by atoms with Crippen LogP contribution in [0.4, 0.5) is 5.69 Å². The molecule has 7 nitrogen and oxygen atoms in total. The minimum Gasteiger partial charge on any atom is -0.350 e. The second-order valence-electron chi connectivity index (χ2n) is 9.76. The van der Waals surface area contributed by atoms with E-state index in [1.165, 1.54) is 11.1 Å². The van der Waals surface area contributed by atoms with Gasteiger partial charge in [-0.05, 0) is 86.0 Å². The molecule has 0 spiro atoms. The maximum Gasteiger partial charge on any atom is 0.277 e. The molecule has 1 aromatic heterocycles. The summed E-state index contributed by atoms with van der Waals surface area (Å²) in [5.41, 5.74) is 6.71. The topological polar surface area (TPSA) is 79.3 Å². The Balaban J connectivity index is 0.00000267. The van der Waals surface area contributed by atoms with E-state index in [0.717, 1.165) is 43.6 Å². The predicted octanol–water partition coefficient (Wildman–Crippen LogP) is 4.24. The first kappa shape index (κ1) is 24.8. The zero-order valence-electron chi connectivity index (χ0n) is 20.1. The molecule has 3 heterocycles.